The summed E-state index contributed by atoms with van der Waals surface area (Å²) in [6, 6.07) is 1.49. The molecule has 0 aliphatic heterocycles. The molecule has 1 aliphatic rings. The number of likely N-dealkylation sites (N-methyl/N-ethyl adjacent to an activating group) is 1. The van der Waals surface area contributed by atoms with Gasteiger partial charge in [0.05, 0.1) is 0 Å². The summed E-state index contributed by atoms with van der Waals surface area (Å²) in [5, 5.41) is 3.70. The molecule has 0 saturated heterocycles. The van der Waals surface area contributed by atoms with E-state index in [-0.39, 0.29) is 0 Å². The summed E-state index contributed by atoms with van der Waals surface area (Å²) >= 11 is 0. The molecule has 1 unspecified atom stereocenters. The van der Waals surface area contributed by atoms with Crippen LogP contribution in [0.25, 0.3) is 0 Å². The Kier molecular flexibility index (Phi) is 6.37. The van der Waals surface area contributed by atoms with Crippen molar-refractivity contribution in [2.75, 3.05) is 20.1 Å². The van der Waals surface area contributed by atoms with Gasteiger partial charge in [0, 0.05) is 25.2 Å². The number of nitrogens with zero attached hydrogens (tertiary/aromatic N) is 1. The van der Waals surface area contributed by atoms with Crippen LogP contribution in [0, 0.1) is 5.92 Å². The molecule has 16 heavy (non-hydrogen) atoms. The molecule has 1 aliphatic carbocycles. The second-order valence-electron chi connectivity index (χ2n) is 5.75. The third-order valence-corrected chi connectivity index (χ3v) is 4.16. The minimum atomic E-state index is 0.688. The molecule has 1 atom stereocenters. The average Bonchev–Trinajstić information content (AvgIpc) is 2.29. The molecule has 1 saturated carbocycles. The van der Waals surface area contributed by atoms with E-state index in [0.29, 0.717) is 6.04 Å². The molecule has 0 spiro atoms. The van der Waals surface area contributed by atoms with Gasteiger partial charge in [-0.05, 0) is 32.7 Å². The summed E-state index contributed by atoms with van der Waals surface area (Å²) in [6.07, 6.45) is 7.08. The fourth-order valence-corrected chi connectivity index (χ4v) is 2.46. The van der Waals surface area contributed by atoms with E-state index in [1.165, 1.54) is 38.6 Å². The van der Waals surface area contributed by atoms with Crippen LogP contribution in [0.2, 0.25) is 0 Å². The fourth-order valence-electron chi connectivity index (χ4n) is 2.46. The highest BCUT2D eigenvalue weighted by Crippen LogP contribution is 2.17. The normalized spacial score (nSPS) is 20.6. The predicted octanol–water partition coefficient (Wildman–Crippen LogP) is 2.89. The zero-order chi connectivity index (χ0) is 12.0. The molecule has 96 valence electrons. The molecule has 1 rings (SSSR count). The zero-order valence-electron chi connectivity index (χ0n) is 11.6. The van der Waals surface area contributed by atoms with E-state index < -0.39 is 0 Å². The Morgan fingerprint density at radius 1 is 1.12 bits per heavy atom. The van der Waals surface area contributed by atoms with Crippen molar-refractivity contribution in [1.29, 1.82) is 0 Å². The van der Waals surface area contributed by atoms with Crippen molar-refractivity contribution in [1.82, 2.24) is 10.2 Å². The molecule has 0 aromatic rings. The van der Waals surface area contributed by atoms with E-state index in [0.717, 1.165) is 18.5 Å². The van der Waals surface area contributed by atoms with Gasteiger partial charge in [-0.3, -0.25) is 0 Å². The van der Waals surface area contributed by atoms with E-state index >= 15 is 0 Å². The first-order valence-electron chi connectivity index (χ1n) is 7.05. The van der Waals surface area contributed by atoms with Gasteiger partial charge >= 0.3 is 0 Å². The third-order valence-electron chi connectivity index (χ3n) is 4.16. The summed E-state index contributed by atoms with van der Waals surface area (Å²) in [6.45, 7) is 9.25. The standard InChI is InChI=1S/C14H30N2/c1-12(2)13(3)16(4)11-10-15-14-8-6-5-7-9-14/h12-15H,5-11H2,1-4H3. The van der Waals surface area contributed by atoms with Crippen LogP contribution in [0.4, 0.5) is 0 Å². The lowest BCUT2D eigenvalue weighted by Gasteiger charge is -2.29. The lowest BCUT2D eigenvalue weighted by atomic mass is 9.95. The van der Waals surface area contributed by atoms with Gasteiger partial charge in [-0.25, -0.2) is 0 Å². The minimum absolute atomic E-state index is 0.688. The molecule has 0 aromatic heterocycles. The molecule has 0 bridgehead atoms. The molecular formula is C14H30N2. The minimum Gasteiger partial charge on any atom is -0.313 e. The highest BCUT2D eigenvalue weighted by Gasteiger charge is 2.15. The van der Waals surface area contributed by atoms with Crippen LogP contribution >= 0.6 is 0 Å². The summed E-state index contributed by atoms with van der Waals surface area (Å²) in [7, 11) is 2.24. The van der Waals surface area contributed by atoms with Crippen molar-refractivity contribution in [3.63, 3.8) is 0 Å². The summed E-state index contributed by atoms with van der Waals surface area (Å²) < 4.78 is 0. The summed E-state index contributed by atoms with van der Waals surface area (Å²) in [5.74, 6) is 0.750. The Morgan fingerprint density at radius 3 is 2.31 bits per heavy atom. The monoisotopic (exact) mass is 226 g/mol. The van der Waals surface area contributed by atoms with E-state index in [4.69, 9.17) is 0 Å². The van der Waals surface area contributed by atoms with Gasteiger partial charge in [-0.15, -0.1) is 0 Å². The molecule has 0 aromatic carbocycles. The lowest BCUT2D eigenvalue weighted by Crippen LogP contribution is -2.41. The highest BCUT2D eigenvalue weighted by molar-refractivity contribution is 4.73. The van der Waals surface area contributed by atoms with Crippen molar-refractivity contribution < 1.29 is 0 Å². The number of hydrogen-bond acceptors (Lipinski definition) is 2. The van der Waals surface area contributed by atoms with E-state index in [1.54, 1.807) is 0 Å². The van der Waals surface area contributed by atoms with Crippen LogP contribution < -0.4 is 5.32 Å². The van der Waals surface area contributed by atoms with E-state index in [9.17, 15) is 0 Å². The van der Waals surface area contributed by atoms with E-state index in [1.807, 2.05) is 0 Å². The van der Waals surface area contributed by atoms with Crippen LogP contribution in [0.1, 0.15) is 52.9 Å². The van der Waals surface area contributed by atoms with Gasteiger partial charge < -0.3 is 10.2 Å². The molecule has 0 heterocycles. The summed E-state index contributed by atoms with van der Waals surface area (Å²) in [4.78, 5) is 2.47. The van der Waals surface area contributed by atoms with Gasteiger partial charge in [0.2, 0.25) is 0 Å². The molecule has 2 nitrogen and oxygen atoms in total. The van der Waals surface area contributed by atoms with Gasteiger partial charge in [-0.2, -0.15) is 0 Å². The van der Waals surface area contributed by atoms with Gasteiger partial charge in [0.25, 0.3) is 0 Å². The largest absolute Gasteiger partial charge is 0.313 e. The molecule has 2 heteroatoms. The van der Waals surface area contributed by atoms with Crippen molar-refractivity contribution in [2.24, 2.45) is 5.92 Å². The molecule has 1 N–H and O–H groups in total. The van der Waals surface area contributed by atoms with Gasteiger partial charge in [0.15, 0.2) is 0 Å². The maximum atomic E-state index is 3.70. The quantitative estimate of drug-likeness (QED) is 0.749. The second-order valence-corrected chi connectivity index (χ2v) is 5.75. The smallest absolute Gasteiger partial charge is 0.0107 e. The molecule has 1 fully saturated rings. The summed E-state index contributed by atoms with van der Waals surface area (Å²) in [5.41, 5.74) is 0. The van der Waals surface area contributed by atoms with Gasteiger partial charge in [0.1, 0.15) is 0 Å². The molecule has 0 radical (unpaired) electrons. The third kappa shape index (κ3) is 4.84. The molecular weight excluding hydrogens is 196 g/mol. The second kappa shape index (κ2) is 7.29. The van der Waals surface area contributed by atoms with Gasteiger partial charge in [-0.1, -0.05) is 33.1 Å². The number of nitrogens with one attached hydrogen (secondary N) is 1. The average molecular weight is 226 g/mol. The highest BCUT2D eigenvalue weighted by atomic mass is 15.1. The Labute approximate surface area is 102 Å². The Bertz CT molecular complexity index is 174. The van der Waals surface area contributed by atoms with Crippen molar-refractivity contribution >= 4 is 0 Å². The first-order chi connectivity index (χ1) is 7.61. The predicted molar refractivity (Wildman–Crippen MR) is 71.8 cm³/mol. The number of hydrogen-bond donors (Lipinski definition) is 1. The zero-order valence-corrected chi connectivity index (χ0v) is 11.6. The van der Waals surface area contributed by atoms with Crippen LogP contribution in [0.15, 0.2) is 0 Å². The molecule has 0 amide bonds. The van der Waals surface area contributed by atoms with Crippen LogP contribution in [-0.4, -0.2) is 37.1 Å². The maximum absolute atomic E-state index is 3.70. The lowest BCUT2D eigenvalue weighted by molar-refractivity contribution is 0.204. The van der Waals surface area contributed by atoms with Crippen LogP contribution in [-0.2, 0) is 0 Å². The Hall–Kier alpha value is -0.0800. The van der Waals surface area contributed by atoms with Crippen molar-refractivity contribution in [3.05, 3.63) is 0 Å². The Balaban J connectivity index is 2.09. The fraction of sp³-hybridized carbons (Fsp3) is 1.00. The Morgan fingerprint density at radius 2 is 1.75 bits per heavy atom. The van der Waals surface area contributed by atoms with Crippen molar-refractivity contribution in [3.8, 4) is 0 Å². The van der Waals surface area contributed by atoms with E-state index in [2.05, 4.69) is 38.0 Å². The topological polar surface area (TPSA) is 15.3 Å². The van der Waals surface area contributed by atoms with Crippen LogP contribution in [0.3, 0.4) is 0 Å². The number of rotatable bonds is 6. The maximum Gasteiger partial charge on any atom is 0.0107 e. The first-order valence-corrected chi connectivity index (χ1v) is 7.05. The van der Waals surface area contributed by atoms with Crippen LogP contribution in [0.5, 0.6) is 0 Å². The SMILES string of the molecule is CC(C)C(C)N(C)CCNC1CCCCC1. The van der Waals surface area contributed by atoms with Crippen molar-refractivity contribution in [2.45, 2.75) is 65.0 Å². The first kappa shape index (κ1) is 14.0.